The normalized spacial score (nSPS) is 22.1. The second-order valence-corrected chi connectivity index (χ2v) is 7.40. The molecule has 6 nitrogen and oxygen atoms in total. The highest BCUT2D eigenvalue weighted by Gasteiger charge is 2.52. The zero-order valence-electron chi connectivity index (χ0n) is 14.4. The molecule has 0 aliphatic carbocycles. The number of carbonyl (C=O) groups excluding carboxylic acids is 1. The van der Waals surface area contributed by atoms with Crippen molar-refractivity contribution in [2.75, 3.05) is 26.3 Å². The van der Waals surface area contributed by atoms with Crippen LogP contribution in [0.1, 0.15) is 40.8 Å². The number of carbonyl (C=O) groups is 1. The van der Waals surface area contributed by atoms with Gasteiger partial charge in [-0.15, -0.1) is 0 Å². The lowest BCUT2D eigenvalue weighted by Crippen LogP contribution is -2.37. The van der Waals surface area contributed by atoms with Crippen LogP contribution in [0.5, 0.6) is 0 Å². The van der Waals surface area contributed by atoms with Gasteiger partial charge in [-0.1, -0.05) is 22.8 Å². The van der Waals surface area contributed by atoms with E-state index < -0.39 is 11.7 Å². The minimum absolute atomic E-state index is 0.0845. The van der Waals surface area contributed by atoms with Crippen molar-refractivity contribution in [2.45, 2.75) is 25.7 Å². The summed E-state index contributed by atoms with van der Waals surface area (Å²) in [6.45, 7) is 3.88. The van der Waals surface area contributed by atoms with Gasteiger partial charge in [0.15, 0.2) is 5.82 Å². The molecule has 0 N–H and O–H groups in total. The van der Waals surface area contributed by atoms with Crippen LogP contribution >= 0.6 is 11.6 Å². The summed E-state index contributed by atoms with van der Waals surface area (Å²) < 4.78 is 25.1. The van der Waals surface area contributed by atoms with Crippen molar-refractivity contribution >= 4 is 17.5 Å². The standard InChI is InChI=1S/C18H19ClFN3O3/c1-11-21-16(26-22-11)12-9-23(10-18(12)5-7-25-8-6-18)17(24)15-13(19)3-2-4-14(15)20/h2-4,12H,5-10H2,1H3. The maximum atomic E-state index is 14.2. The lowest BCUT2D eigenvalue weighted by Gasteiger charge is -2.36. The number of hydrogen-bond acceptors (Lipinski definition) is 5. The Kier molecular flexibility index (Phi) is 4.44. The first kappa shape index (κ1) is 17.4. The molecule has 138 valence electrons. The highest BCUT2D eigenvalue weighted by atomic mass is 35.5. The fourth-order valence-corrected chi connectivity index (χ4v) is 4.31. The van der Waals surface area contributed by atoms with Crippen molar-refractivity contribution < 1.29 is 18.4 Å². The van der Waals surface area contributed by atoms with E-state index in [0.29, 0.717) is 38.0 Å². The van der Waals surface area contributed by atoms with Crippen LogP contribution < -0.4 is 0 Å². The summed E-state index contributed by atoms with van der Waals surface area (Å²) in [5, 5.41) is 4.01. The summed E-state index contributed by atoms with van der Waals surface area (Å²) in [6, 6.07) is 4.26. The van der Waals surface area contributed by atoms with E-state index in [4.69, 9.17) is 20.9 Å². The number of nitrogens with zero attached hydrogens (tertiary/aromatic N) is 3. The van der Waals surface area contributed by atoms with E-state index in [1.165, 1.54) is 18.2 Å². The molecule has 1 atom stereocenters. The van der Waals surface area contributed by atoms with Crippen LogP contribution in [0, 0.1) is 18.2 Å². The third-order valence-electron chi connectivity index (χ3n) is 5.44. The Morgan fingerprint density at radius 1 is 1.38 bits per heavy atom. The number of amides is 1. The zero-order chi connectivity index (χ0) is 18.3. The largest absolute Gasteiger partial charge is 0.381 e. The summed E-state index contributed by atoms with van der Waals surface area (Å²) >= 11 is 6.09. The molecule has 2 saturated heterocycles. The molecule has 1 unspecified atom stereocenters. The van der Waals surface area contributed by atoms with Gasteiger partial charge in [0, 0.05) is 31.7 Å². The van der Waals surface area contributed by atoms with Gasteiger partial charge in [-0.05, 0) is 31.9 Å². The Balaban J connectivity index is 1.68. The minimum atomic E-state index is -0.611. The Bertz CT molecular complexity index is 815. The van der Waals surface area contributed by atoms with Gasteiger partial charge in [0.25, 0.3) is 5.91 Å². The third-order valence-corrected chi connectivity index (χ3v) is 5.76. The third kappa shape index (κ3) is 2.89. The van der Waals surface area contributed by atoms with E-state index >= 15 is 0 Å². The predicted molar refractivity (Wildman–Crippen MR) is 91.6 cm³/mol. The Labute approximate surface area is 155 Å². The maximum Gasteiger partial charge on any atom is 0.258 e. The maximum absolute atomic E-state index is 14.2. The highest BCUT2D eigenvalue weighted by Crippen LogP contribution is 2.49. The van der Waals surface area contributed by atoms with Crippen molar-refractivity contribution in [2.24, 2.45) is 5.41 Å². The van der Waals surface area contributed by atoms with E-state index in [0.717, 1.165) is 12.8 Å². The number of rotatable bonds is 2. The lowest BCUT2D eigenvalue weighted by molar-refractivity contribution is 0.00834. The van der Waals surface area contributed by atoms with Crippen molar-refractivity contribution in [3.05, 3.63) is 46.3 Å². The van der Waals surface area contributed by atoms with Gasteiger partial charge in [0.1, 0.15) is 5.82 Å². The molecule has 26 heavy (non-hydrogen) atoms. The molecule has 2 fully saturated rings. The van der Waals surface area contributed by atoms with Gasteiger partial charge in [0.2, 0.25) is 5.89 Å². The lowest BCUT2D eigenvalue weighted by atomic mass is 9.72. The number of hydrogen-bond donors (Lipinski definition) is 0. The average molecular weight is 380 g/mol. The fourth-order valence-electron chi connectivity index (χ4n) is 4.06. The number of ether oxygens (including phenoxy) is 1. The number of aryl methyl sites for hydroxylation is 1. The monoisotopic (exact) mass is 379 g/mol. The molecular formula is C18H19ClFN3O3. The molecule has 3 heterocycles. The molecule has 0 radical (unpaired) electrons. The SMILES string of the molecule is Cc1noc(C2CN(C(=O)c3c(F)cccc3Cl)CC23CCOCC3)n1. The highest BCUT2D eigenvalue weighted by molar-refractivity contribution is 6.33. The molecule has 1 amide bonds. The second-order valence-electron chi connectivity index (χ2n) is 6.99. The van der Waals surface area contributed by atoms with Gasteiger partial charge in [-0.25, -0.2) is 4.39 Å². The Hall–Kier alpha value is -1.99. The summed E-state index contributed by atoms with van der Waals surface area (Å²) in [5.41, 5.74) is -0.288. The van der Waals surface area contributed by atoms with Crippen LogP contribution in [0.25, 0.3) is 0 Å². The van der Waals surface area contributed by atoms with E-state index in [1.807, 2.05) is 0 Å². The molecule has 2 aliphatic heterocycles. The Morgan fingerprint density at radius 3 is 2.81 bits per heavy atom. The predicted octanol–water partition coefficient (Wildman–Crippen LogP) is 3.21. The van der Waals surface area contributed by atoms with E-state index in [-0.39, 0.29) is 21.9 Å². The Morgan fingerprint density at radius 2 is 2.15 bits per heavy atom. The molecule has 1 spiro atoms. The molecule has 8 heteroatoms. The van der Waals surface area contributed by atoms with E-state index in [1.54, 1.807) is 11.8 Å². The van der Waals surface area contributed by atoms with Crippen molar-refractivity contribution in [3.8, 4) is 0 Å². The van der Waals surface area contributed by atoms with Gasteiger partial charge in [-0.2, -0.15) is 4.98 Å². The van der Waals surface area contributed by atoms with Crippen LogP contribution in [0.4, 0.5) is 4.39 Å². The number of aromatic nitrogens is 2. The summed E-state index contributed by atoms with van der Waals surface area (Å²) in [5.74, 6) is -0.0242. The average Bonchev–Trinajstić information content (AvgIpc) is 3.19. The molecule has 1 aromatic heterocycles. The number of likely N-dealkylation sites (tertiary alicyclic amines) is 1. The minimum Gasteiger partial charge on any atom is -0.381 e. The number of halogens is 2. The summed E-state index contributed by atoms with van der Waals surface area (Å²) in [4.78, 5) is 19.0. The topological polar surface area (TPSA) is 68.5 Å². The fraction of sp³-hybridized carbons (Fsp3) is 0.500. The van der Waals surface area contributed by atoms with Crippen LogP contribution in [-0.4, -0.2) is 47.3 Å². The van der Waals surface area contributed by atoms with Gasteiger partial charge < -0.3 is 14.2 Å². The smallest absolute Gasteiger partial charge is 0.258 e. The first-order valence-corrected chi connectivity index (χ1v) is 8.99. The summed E-state index contributed by atoms with van der Waals surface area (Å²) in [6.07, 6.45) is 1.57. The molecule has 0 saturated carbocycles. The van der Waals surface area contributed by atoms with Crippen molar-refractivity contribution in [1.29, 1.82) is 0 Å². The van der Waals surface area contributed by atoms with Crippen LogP contribution in [0.15, 0.2) is 22.7 Å². The van der Waals surface area contributed by atoms with E-state index in [9.17, 15) is 9.18 Å². The van der Waals surface area contributed by atoms with E-state index in [2.05, 4.69) is 10.1 Å². The zero-order valence-corrected chi connectivity index (χ0v) is 15.1. The van der Waals surface area contributed by atoms with Gasteiger partial charge in [-0.3, -0.25) is 4.79 Å². The molecule has 0 bridgehead atoms. The molecular weight excluding hydrogens is 361 g/mol. The molecule has 2 aliphatic rings. The van der Waals surface area contributed by atoms with Gasteiger partial charge in [0.05, 0.1) is 16.5 Å². The van der Waals surface area contributed by atoms with Crippen molar-refractivity contribution in [1.82, 2.24) is 15.0 Å². The molecule has 2 aromatic rings. The quantitative estimate of drug-likeness (QED) is 0.801. The first-order valence-electron chi connectivity index (χ1n) is 8.61. The number of benzene rings is 1. The molecule has 4 rings (SSSR count). The summed E-state index contributed by atoms with van der Waals surface area (Å²) in [7, 11) is 0. The van der Waals surface area contributed by atoms with Crippen LogP contribution in [0.3, 0.4) is 0 Å². The second kappa shape index (κ2) is 6.63. The molecule has 1 aromatic carbocycles. The first-order chi connectivity index (χ1) is 12.5. The van der Waals surface area contributed by atoms with Crippen LogP contribution in [0.2, 0.25) is 5.02 Å². The van der Waals surface area contributed by atoms with Gasteiger partial charge >= 0.3 is 0 Å². The van der Waals surface area contributed by atoms with Crippen LogP contribution in [-0.2, 0) is 4.74 Å². The van der Waals surface area contributed by atoms with Crippen molar-refractivity contribution in [3.63, 3.8) is 0 Å².